The lowest BCUT2D eigenvalue weighted by atomic mass is 10.1. The normalized spacial score (nSPS) is 10.2. The molecule has 2 aromatic rings. The van der Waals surface area contributed by atoms with E-state index < -0.39 is 0 Å². The van der Waals surface area contributed by atoms with Gasteiger partial charge in [0.25, 0.3) is 0 Å². The summed E-state index contributed by atoms with van der Waals surface area (Å²) in [5.74, 6) is 1.01. The highest BCUT2D eigenvalue weighted by Gasteiger charge is 2.02. The second-order valence-electron chi connectivity index (χ2n) is 4.18. The molecule has 2 rings (SSSR count). The van der Waals surface area contributed by atoms with E-state index in [1.54, 1.807) is 6.20 Å². The van der Waals surface area contributed by atoms with Crippen LogP contribution in [0.5, 0.6) is 5.75 Å². The van der Waals surface area contributed by atoms with Crippen LogP contribution >= 0.6 is 0 Å². The van der Waals surface area contributed by atoms with Gasteiger partial charge in [0.1, 0.15) is 5.75 Å². The monoisotopic (exact) mass is 227 g/mol. The van der Waals surface area contributed by atoms with E-state index in [4.69, 9.17) is 4.74 Å². The van der Waals surface area contributed by atoms with Gasteiger partial charge >= 0.3 is 0 Å². The first-order chi connectivity index (χ1) is 8.27. The van der Waals surface area contributed by atoms with E-state index in [-0.39, 0.29) is 0 Å². The van der Waals surface area contributed by atoms with E-state index in [2.05, 4.69) is 43.1 Å². The van der Waals surface area contributed by atoms with Crippen LogP contribution < -0.4 is 4.74 Å². The minimum Gasteiger partial charge on any atom is -0.493 e. The predicted molar refractivity (Wildman–Crippen MR) is 69.4 cm³/mol. The van der Waals surface area contributed by atoms with Gasteiger partial charge in [0.2, 0.25) is 0 Å². The zero-order chi connectivity index (χ0) is 12.1. The number of pyridine rings is 1. The van der Waals surface area contributed by atoms with Crippen LogP contribution in [0.2, 0.25) is 0 Å². The van der Waals surface area contributed by atoms with Crippen LogP contribution in [0, 0.1) is 13.8 Å². The quantitative estimate of drug-likeness (QED) is 0.799. The molecule has 1 aromatic heterocycles. The van der Waals surface area contributed by atoms with Crippen LogP contribution in [0.25, 0.3) is 0 Å². The van der Waals surface area contributed by atoms with Crippen molar-refractivity contribution in [3.05, 3.63) is 59.4 Å². The molecule has 0 bridgehead atoms. The summed E-state index contributed by atoms with van der Waals surface area (Å²) < 4.78 is 5.84. The molecule has 2 nitrogen and oxygen atoms in total. The maximum absolute atomic E-state index is 5.84. The Kier molecular flexibility index (Phi) is 3.76. The first kappa shape index (κ1) is 11.6. The fourth-order valence-electron chi connectivity index (χ4n) is 1.84. The Morgan fingerprint density at radius 2 is 1.82 bits per heavy atom. The van der Waals surface area contributed by atoms with Crippen molar-refractivity contribution < 1.29 is 4.74 Å². The maximum atomic E-state index is 5.84. The maximum Gasteiger partial charge on any atom is 0.125 e. The molecule has 0 N–H and O–H groups in total. The molecule has 1 heterocycles. The fraction of sp³-hybridized carbons (Fsp3) is 0.267. The van der Waals surface area contributed by atoms with Crippen molar-refractivity contribution >= 4 is 0 Å². The number of aryl methyl sites for hydroxylation is 2. The van der Waals surface area contributed by atoms with Gasteiger partial charge in [-0.25, -0.2) is 0 Å². The van der Waals surface area contributed by atoms with Crippen LogP contribution in [0.3, 0.4) is 0 Å². The topological polar surface area (TPSA) is 22.1 Å². The third-order valence-corrected chi connectivity index (χ3v) is 2.77. The average molecular weight is 227 g/mol. The van der Waals surface area contributed by atoms with Crippen molar-refractivity contribution in [2.75, 3.05) is 6.61 Å². The number of aromatic nitrogens is 1. The number of nitrogens with zero attached hydrogens (tertiary/aromatic N) is 1. The largest absolute Gasteiger partial charge is 0.493 e. The predicted octanol–water partition coefficient (Wildman–Crippen LogP) is 3.32. The second-order valence-corrected chi connectivity index (χ2v) is 4.18. The Morgan fingerprint density at radius 3 is 2.47 bits per heavy atom. The smallest absolute Gasteiger partial charge is 0.125 e. The first-order valence-electron chi connectivity index (χ1n) is 5.85. The number of ether oxygens (including phenoxy) is 1. The molecule has 0 amide bonds. The Labute approximate surface area is 102 Å². The molecule has 0 spiro atoms. The lowest BCUT2D eigenvalue weighted by Crippen LogP contribution is -2.03. The van der Waals surface area contributed by atoms with E-state index in [9.17, 15) is 0 Å². The average Bonchev–Trinajstić information content (AvgIpc) is 2.34. The molecule has 0 aliphatic carbocycles. The van der Waals surface area contributed by atoms with Crippen LogP contribution in [0.1, 0.15) is 16.7 Å². The zero-order valence-electron chi connectivity index (χ0n) is 10.3. The molecule has 0 radical (unpaired) electrons. The molecule has 0 saturated carbocycles. The lowest BCUT2D eigenvalue weighted by Gasteiger charge is -2.11. The van der Waals surface area contributed by atoms with E-state index in [1.165, 1.54) is 16.7 Å². The SMILES string of the molecule is Cc1cccc(C)c1OCCc1cccnc1. The Morgan fingerprint density at radius 1 is 1.06 bits per heavy atom. The number of rotatable bonds is 4. The molecule has 0 saturated heterocycles. The minimum atomic E-state index is 0.692. The van der Waals surface area contributed by atoms with Crippen molar-refractivity contribution in [3.63, 3.8) is 0 Å². The molecule has 0 aliphatic rings. The van der Waals surface area contributed by atoms with Crippen molar-refractivity contribution in [2.45, 2.75) is 20.3 Å². The molecule has 1 aromatic carbocycles. The van der Waals surface area contributed by atoms with Gasteiger partial charge in [-0.2, -0.15) is 0 Å². The van der Waals surface area contributed by atoms with E-state index in [0.29, 0.717) is 6.61 Å². The molecule has 0 atom stereocenters. The number of hydrogen-bond acceptors (Lipinski definition) is 2. The summed E-state index contributed by atoms with van der Waals surface area (Å²) in [5, 5.41) is 0. The first-order valence-corrected chi connectivity index (χ1v) is 5.85. The Bertz CT molecular complexity index is 459. The summed E-state index contributed by atoms with van der Waals surface area (Å²) in [4.78, 5) is 4.09. The number of hydrogen-bond donors (Lipinski definition) is 0. The molecule has 0 unspecified atom stereocenters. The van der Waals surface area contributed by atoms with Crippen LogP contribution in [0.15, 0.2) is 42.7 Å². The van der Waals surface area contributed by atoms with Gasteiger partial charge in [-0.05, 0) is 36.6 Å². The third kappa shape index (κ3) is 3.06. The van der Waals surface area contributed by atoms with Crippen LogP contribution in [-0.4, -0.2) is 11.6 Å². The molecule has 17 heavy (non-hydrogen) atoms. The van der Waals surface area contributed by atoms with Gasteiger partial charge in [0, 0.05) is 18.8 Å². The van der Waals surface area contributed by atoms with E-state index >= 15 is 0 Å². The lowest BCUT2D eigenvalue weighted by molar-refractivity contribution is 0.317. The van der Waals surface area contributed by atoms with Gasteiger partial charge in [-0.3, -0.25) is 4.98 Å². The standard InChI is InChI=1S/C15H17NO/c1-12-5-3-6-13(2)15(12)17-10-8-14-7-4-9-16-11-14/h3-7,9,11H,8,10H2,1-2H3. The zero-order valence-corrected chi connectivity index (χ0v) is 10.3. The summed E-state index contributed by atoms with van der Waals surface area (Å²) in [6, 6.07) is 10.2. The van der Waals surface area contributed by atoms with Crippen LogP contribution in [0.4, 0.5) is 0 Å². The van der Waals surface area contributed by atoms with Gasteiger partial charge in [0.05, 0.1) is 6.61 Å². The van der Waals surface area contributed by atoms with Gasteiger partial charge < -0.3 is 4.74 Å². The summed E-state index contributed by atoms with van der Waals surface area (Å²) in [6.45, 7) is 4.84. The van der Waals surface area contributed by atoms with E-state index in [0.717, 1.165) is 12.2 Å². The van der Waals surface area contributed by atoms with Gasteiger partial charge in [-0.15, -0.1) is 0 Å². The van der Waals surface area contributed by atoms with Gasteiger partial charge in [-0.1, -0.05) is 24.3 Å². The molecule has 2 heteroatoms. The number of benzene rings is 1. The minimum absolute atomic E-state index is 0.692. The number of para-hydroxylation sites is 1. The Hall–Kier alpha value is -1.83. The molecular weight excluding hydrogens is 210 g/mol. The van der Waals surface area contributed by atoms with Crippen molar-refractivity contribution in [1.82, 2.24) is 4.98 Å². The summed E-state index contributed by atoms with van der Waals surface area (Å²) in [6.07, 6.45) is 4.56. The Balaban J connectivity index is 1.95. The highest BCUT2D eigenvalue weighted by atomic mass is 16.5. The van der Waals surface area contributed by atoms with Crippen LogP contribution in [-0.2, 0) is 6.42 Å². The van der Waals surface area contributed by atoms with Crippen molar-refractivity contribution in [3.8, 4) is 5.75 Å². The van der Waals surface area contributed by atoms with Crippen molar-refractivity contribution in [2.24, 2.45) is 0 Å². The summed E-state index contributed by atoms with van der Waals surface area (Å²) in [5.41, 5.74) is 3.59. The fourth-order valence-corrected chi connectivity index (χ4v) is 1.84. The third-order valence-electron chi connectivity index (χ3n) is 2.77. The van der Waals surface area contributed by atoms with E-state index in [1.807, 2.05) is 12.3 Å². The molecule has 0 aliphatic heterocycles. The molecule has 0 fully saturated rings. The van der Waals surface area contributed by atoms with Crippen molar-refractivity contribution in [1.29, 1.82) is 0 Å². The van der Waals surface area contributed by atoms with Gasteiger partial charge in [0.15, 0.2) is 0 Å². The highest BCUT2D eigenvalue weighted by Crippen LogP contribution is 2.22. The summed E-state index contributed by atoms with van der Waals surface area (Å²) in [7, 11) is 0. The summed E-state index contributed by atoms with van der Waals surface area (Å²) >= 11 is 0. The second kappa shape index (κ2) is 5.48. The molecule has 88 valence electrons. The highest BCUT2D eigenvalue weighted by molar-refractivity contribution is 5.39. The molecular formula is C15H17NO.